The van der Waals surface area contributed by atoms with Gasteiger partial charge in [-0.3, -0.25) is 4.90 Å². The van der Waals surface area contributed by atoms with E-state index in [0.717, 1.165) is 23.0 Å². The lowest BCUT2D eigenvalue weighted by Gasteiger charge is -2.38. The Labute approximate surface area is 291 Å². The number of anilines is 1. The summed E-state index contributed by atoms with van der Waals surface area (Å²) in [6.07, 6.45) is -14.0. The van der Waals surface area contributed by atoms with Crippen molar-refractivity contribution in [2.75, 3.05) is 18.0 Å². The van der Waals surface area contributed by atoms with Crippen LogP contribution in [0.4, 0.5) is 49.9 Å². The van der Waals surface area contributed by atoms with Crippen molar-refractivity contribution >= 4 is 5.95 Å². The fraction of sp³-hybridized carbons (Fsp3) is 0.412. The number of tetrazole rings is 1. The van der Waals surface area contributed by atoms with E-state index in [-0.39, 0.29) is 35.0 Å². The van der Waals surface area contributed by atoms with Gasteiger partial charge in [-0.25, -0.2) is 4.39 Å². The van der Waals surface area contributed by atoms with Gasteiger partial charge in [-0.15, -0.1) is 5.10 Å². The lowest BCUT2D eigenvalue weighted by atomic mass is 9.92. The van der Waals surface area contributed by atoms with Crippen molar-refractivity contribution in [1.82, 2.24) is 25.1 Å². The van der Waals surface area contributed by atoms with Crippen LogP contribution in [0.25, 0.3) is 0 Å². The van der Waals surface area contributed by atoms with Gasteiger partial charge >= 0.3 is 18.5 Å². The zero-order valence-electron chi connectivity index (χ0n) is 27.6. The molecule has 5 rings (SSSR count). The van der Waals surface area contributed by atoms with Gasteiger partial charge in [-0.05, 0) is 83.6 Å². The number of nitrogens with zero attached hydrogens (tertiary/aromatic N) is 7. The number of aromatic nitrogens is 4. The molecule has 1 unspecified atom stereocenters. The molecule has 1 aliphatic rings. The highest BCUT2D eigenvalue weighted by Crippen LogP contribution is 2.39. The summed E-state index contributed by atoms with van der Waals surface area (Å²) in [6, 6.07) is 9.42. The number of ether oxygens (including phenoxy) is 1. The summed E-state index contributed by atoms with van der Waals surface area (Å²) < 4.78 is 144. The van der Waals surface area contributed by atoms with Crippen LogP contribution in [-0.2, 0) is 38.7 Å². The Hall–Kier alpha value is -4.92. The topological polar surface area (TPSA) is 83.1 Å². The molecular weight excluding hydrogens is 712 g/mol. The van der Waals surface area contributed by atoms with Crippen molar-refractivity contribution in [3.05, 3.63) is 99.4 Å². The molecule has 4 aromatic rings. The van der Waals surface area contributed by atoms with Gasteiger partial charge in [-0.1, -0.05) is 18.1 Å². The van der Waals surface area contributed by atoms with Gasteiger partial charge in [-0.2, -0.15) is 49.6 Å². The SMILES string of the molecule is CCC(c1ccc(C(F)(F)F)cc1CN(Cc1cc(C(F)(F)F)cc(C(F)(F)F)c1)c1nnn(C)n1)N1CCC(Oc2ccc(C#N)c(F)c2)CC1. The third-order valence-electron chi connectivity index (χ3n) is 8.66. The first-order valence-electron chi connectivity index (χ1n) is 15.9. The normalized spacial score (nSPS) is 15.4. The Morgan fingerprint density at radius 3 is 2.02 bits per heavy atom. The number of piperidine rings is 1. The molecule has 1 fully saturated rings. The monoisotopic (exact) mass is 743 g/mol. The molecule has 0 radical (unpaired) electrons. The molecule has 3 aromatic carbocycles. The van der Waals surface area contributed by atoms with Gasteiger partial charge in [0.15, 0.2) is 0 Å². The number of likely N-dealkylation sites (tertiary alicyclic amines) is 1. The number of benzene rings is 3. The van der Waals surface area contributed by atoms with Crippen LogP contribution in [0.5, 0.6) is 5.75 Å². The maximum Gasteiger partial charge on any atom is 0.416 e. The van der Waals surface area contributed by atoms with Crippen LogP contribution in [0.15, 0.2) is 54.6 Å². The molecule has 0 spiro atoms. The Balaban J connectivity index is 1.46. The lowest BCUT2D eigenvalue weighted by Crippen LogP contribution is -2.40. The van der Waals surface area contributed by atoms with Crippen molar-refractivity contribution in [1.29, 1.82) is 5.26 Å². The number of rotatable bonds is 10. The minimum atomic E-state index is -5.12. The first-order valence-corrected chi connectivity index (χ1v) is 15.9. The molecule has 278 valence electrons. The van der Waals surface area contributed by atoms with Crippen molar-refractivity contribution in [2.24, 2.45) is 7.05 Å². The van der Waals surface area contributed by atoms with E-state index < -0.39 is 65.7 Å². The predicted molar refractivity (Wildman–Crippen MR) is 166 cm³/mol. The van der Waals surface area contributed by atoms with E-state index in [1.807, 2.05) is 11.8 Å². The Bertz CT molecular complexity index is 1880. The molecule has 2 heterocycles. The average molecular weight is 744 g/mol. The van der Waals surface area contributed by atoms with E-state index in [2.05, 4.69) is 15.4 Å². The lowest BCUT2D eigenvalue weighted by molar-refractivity contribution is -0.143. The summed E-state index contributed by atoms with van der Waals surface area (Å²) in [6.45, 7) is 1.63. The fourth-order valence-electron chi connectivity index (χ4n) is 6.21. The second-order valence-electron chi connectivity index (χ2n) is 12.3. The number of alkyl halides is 9. The van der Waals surface area contributed by atoms with E-state index in [0.29, 0.717) is 50.0 Å². The molecular formula is C34H31F10N7O. The van der Waals surface area contributed by atoms with E-state index in [4.69, 9.17) is 10.00 Å². The van der Waals surface area contributed by atoms with Crippen LogP contribution in [0.1, 0.15) is 71.2 Å². The van der Waals surface area contributed by atoms with Gasteiger partial charge in [0.05, 0.1) is 29.3 Å². The second kappa shape index (κ2) is 15.0. The summed E-state index contributed by atoms with van der Waals surface area (Å²) in [5.41, 5.74) is -4.11. The summed E-state index contributed by atoms with van der Waals surface area (Å²) in [7, 11) is 1.37. The molecule has 0 aliphatic carbocycles. The molecule has 1 atom stereocenters. The Kier molecular flexibility index (Phi) is 11.0. The molecule has 0 saturated carbocycles. The quantitative estimate of drug-likeness (QED) is 0.151. The molecule has 1 aliphatic heterocycles. The molecule has 0 bridgehead atoms. The first kappa shape index (κ1) is 38.3. The molecule has 0 amide bonds. The van der Waals surface area contributed by atoms with Crippen LogP contribution < -0.4 is 9.64 Å². The van der Waals surface area contributed by atoms with Gasteiger partial charge in [0.25, 0.3) is 5.95 Å². The average Bonchev–Trinajstić information content (AvgIpc) is 3.51. The number of nitriles is 1. The van der Waals surface area contributed by atoms with Gasteiger partial charge in [0.2, 0.25) is 0 Å². The van der Waals surface area contributed by atoms with Crippen molar-refractivity contribution < 1.29 is 48.6 Å². The first-order chi connectivity index (χ1) is 24.3. The van der Waals surface area contributed by atoms with Gasteiger partial charge < -0.3 is 9.64 Å². The zero-order chi connectivity index (χ0) is 38.0. The van der Waals surface area contributed by atoms with Gasteiger partial charge in [0.1, 0.15) is 23.7 Å². The number of hydrogen-bond donors (Lipinski definition) is 0. The smallest absolute Gasteiger partial charge is 0.416 e. The minimum Gasteiger partial charge on any atom is -0.490 e. The van der Waals surface area contributed by atoms with Crippen molar-refractivity contribution in [3.8, 4) is 11.8 Å². The summed E-state index contributed by atoms with van der Waals surface area (Å²) >= 11 is 0. The summed E-state index contributed by atoms with van der Waals surface area (Å²) in [4.78, 5) is 4.21. The highest BCUT2D eigenvalue weighted by atomic mass is 19.4. The van der Waals surface area contributed by atoms with Crippen LogP contribution >= 0.6 is 0 Å². The summed E-state index contributed by atoms with van der Waals surface area (Å²) in [5.74, 6) is -0.715. The maximum atomic E-state index is 14.1. The highest BCUT2D eigenvalue weighted by Gasteiger charge is 2.38. The number of aryl methyl sites for hydroxylation is 1. The molecule has 52 heavy (non-hydrogen) atoms. The Morgan fingerprint density at radius 2 is 1.50 bits per heavy atom. The second-order valence-corrected chi connectivity index (χ2v) is 12.3. The zero-order valence-corrected chi connectivity index (χ0v) is 27.6. The van der Waals surface area contributed by atoms with Crippen LogP contribution in [0.3, 0.4) is 0 Å². The third-order valence-corrected chi connectivity index (χ3v) is 8.66. The van der Waals surface area contributed by atoms with Crippen LogP contribution in [0.2, 0.25) is 0 Å². The third kappa shape index (κ3) is 9.11. The predicted octanol–water partition coefficient (Wildman–Crippen LogP) is 8.48. The molecule has 1 saturated heterocycles. The number of halogens is 10. The van der Waals surface area contributed by atoms with Crippen LogP contribution in [-0.4, -0.2) is 44.3 Å². The van der Waals surface area contributed by atoms with Gasteiger partial charge in [0, 0.05) is 38.3 Å². The fourth-order valence-corrected chi connectivity index (χ4v) is 6.21. The van der Waals surface area contributed by atoms with Crippen molar-refractivity contribution in [2.45, 2.75) is 70.0 Å². The highest BCUT2D eigenvalue weighted by molar-refractivity contribution is 5.42. The van der Waals surface area contributed by atoms with E-state index >= 15 is 0 Å². The number of hydrogen-bond acceptors (Lipinski definition) is 7. The largest absolute Gasteiger partial charge is 0.490 e. The summed E-state index contributed by atoms with van der Waals surface area (Å²) in [5, 5.41) is 20.6. The molecule has 0 N–H and O–H groups in total. The molecule has 1 aromatic heterocycles. The van der Waals surface area contributed by atoms with Crippen LogP contribution in [0, 0.1) is 17.1 Å². The Morgan fingerprint density at radius 1 is 0.865 bits per heavy atom. The molecule has 18 heteroatoms. The van der Waals surface area contributed by atoms with E-state index in [1.165, 1.54) is 30.1 Å². The van der Waals surface area contributed by atoms with Crippen molar-refractivity contribution in [3.63, 3.8) is 0 Å². The van der Waals surface area contributed by atoms with E-state index in [9.17, 15) is 43.9 Å². The molecule has 8 nitrogen and oxygen atoms in total. The standard InChI is InChI=1S/C34H31F10N7O/c1-3-30(50-10-8-26(9-11-50)52-27-6-4-21(17-45)29(35)16-27)28-7-5-23(32(36,37)38)14-22(28)19-51(31-46-48-49(2)47-31)18-20-12-24(33(39,40)41)15-25(13-20)34(42,43)44/h4-7,12-16,26,30H,3,8-11,18-19H2,1-2H3. The maximum absolute atomic E-state index is 14.1. The van der Waals surface area contributed by atoms with E-state index in [1.54, 1.807) is 6.07 Å². The minimum absolute atomic E-state index is 0.0119.